The number of unbranched alkanes of at least 4 members (excludes halogenated alkanes) is 2. The molecule has 0 spiro atoms. The zero-order chi connectivity index (χ0) is 27.6. The van der Waals surface area contributed by atoms with Crippen molar-refractivity contribution in [2.75, 3.05) is 46.8 Å². The quantitative estimate of drug-likeness (QED) is 0.288. The van der Waals surface area contributed by atoms with E-state index in [1.807, 2.05) is 17.0 Å². The van der Waals surface area contributed by atoms with E-state index in [0.29, 0.717) is 37.2 Å². The van der Waals surface area contributed by atoms with Crippen molar-refractivity contribution in [3.05, 3.63) is 29.3 Å². The number of rotatable bonds is 13. The summed E-state index contributed by atoms with van der Waals surface area (Å²) in [4.78, 5) is 26.4. The van der Waals surface area contributed by atoms with Crippen molar-refractivity contribution in [2.45, 2.75) is 76.9 Å². The van der Waals surface area contributed by atoms with Crippen LogP contribution in [0.4, 0.5) is 4.79 Å². The molecule has 0 aromatic heterocycles. The Morgan fingerprint density at radius 3 is 2.74 bits per heavy atom. The molecule has 3 aliphatic rings. The maximum absolute atomic E-state index is 12.7. The Kier molecular flexibility index (Phi) is 11.3. The van der Waals surface area contributed by atoms with Crippen LogP contribution >= 0.6 is 0 Å². The summed E-state index contributed by atoms with van der Waals surface area (Å²) in [7, 11) is 1.35. The maximum Gasteiger partial charge on any atom is 0.509 e. The summed E-state index contributed by atoms with van der Waals surface area (Å²) in [5.74, 6) is 1.12. The largest absolute Gasteiger partial charge is 0.509 e. The smallest absolute Gasteiger partial charge is 0.482 e. The van der Waals surface area contributed by atoms with Crippen LogP contribution in [0.1, 0.15) is 63.0 Å². The van der Waals surface area contributed by atoms with Gasteiger partial charge in [0.05, 0.1) is 26.4 Å². The van der Waals surface area contributed by atoms with Gasteiger partial charge in [-0.1, -0.05) is 38.3 Å². The van der Waals surface area contributed by atoms with Crippen molar-refractivity contribution in [1.29, 1.82) is 0 Å². The summed E-state index contributed by atoms with van der Waals surface area (Å²) in [5.41, 5.74) is 2.33. The lowest BCUT2D eigenvalue weighted by Crippen LogP contribution is -2.39. The molecule has 1 aromatic rings. The van der Waals surface area contributed by atoms with Crippen LogP contribution in [-0.4, -0.2) is 81.1 Å². The van der Waals surface area contributed by atoms with Gasteiger partial charge in [0.2, 0.25) is 0 Å². The number of hydrogen-bond acceptors (Lipinski definition) is 9. The van der Waals surface area contributed by atoms with Crippen LogP contribution in [0.15, 0.2) is 18.2 Å². The Labute approximate surface area is 232 Å². The van der Waals surface area contributed by atoms with Gasteiger partial charge < -0.3 is 28.8 Å². The maximum atomic E-state index is 12.7. The lowest BCUT2D eigenvalue weighted by Gasteiger charge is -2.32. The highest BCUT2D eigenvalue weighted by Crippen LogP contribution is 2.49. The highest BCUT2D eigenvalue weighted by molar-refractivity contribution is 5.71. The van der Waals surface area contributed by atoms with E-state index in [2.05, 4.69) is 13.0 Å². The second-order valence-corrected chi connectivity index (χ2v) is 11.1. The summed E-state index contributed by atoms with van der Waals surface area (Å²) in [6.45, 7) is 4.99. The first-order valence-corrected chi connectivity index (χ1v) is 14.6. The highest BCUT2D eigenvalue weighted by atomic mass is 16.7. The third-order valence-corrected chi connectivity index (χ3v) is 8.58. The number of methoxy groups -OCH3 is 1. The predicted molar refractivity (Wildman–Crippen MR) is 144 cm³/mol. The molecule has 2 aliphatic carbocycles. The molecule has 2 fully saturated rings. The molecule has 9 heteroatoms. The lowest BCUT2D eigenvalue weighted by atomic mass is 9.73. The predicted octanol–water partition coefficient (Wildman–Crippen LogP) is 4.12. The van der Waals surface area contributed by atoms with E-state index in [0.717, 1.165) is 70.0 Å². The van der Waals surface area contributed by atoms with Crippen LogP contribution in [0.5, 0.6) is 5.75 Å². The van der Waals surface area contributed by atoms with Gasteiger partial charge in [0.15, 0.2) is 6.61 Å². The summed E-state index contributed by atoms with van der Waals surface area (Å²) in [6.07, 6.45) is 6.80. The van der Waals surface area contributed by atoms with Crippen molar-refractivity contribution in [2.24, 2.45) is 17.8 Å². The normalized spacial score (nSPS) is 25.3. The Hall–Kier alpha value is -2.36. The van der Waals surface area contributed by atoms with E-state index in [9.17, 15) is 14.7 Å². The number of esters is 1. The fourth-order valence-corrected chi connectivity index (χ4v) is 6.43. The van der Waals surface area contributed by atoms with Gasteiger partial charge in [0.25, 0.3) is 0 Å². The molecule has 1 N–H and O–H groups in total. The van der Waals surface area contributed by atoms with Gasteiger partial charge in [-0.15, -0.1) is 0 Å². The van der Waals surface area contributed by atoms with Crippen LogP contribution in [0.2, 0.25) is 0 Å². The number of aliphatic hydroxyl groups is 1. The summed E-state index contributed by atoms with van der Waals surface area (Å²) < 4.78 is 27.4. The third kappa shape index (κ3) is 8.32. The fourth-order valence-electron chi connectivity index (χ4n) is 6.43. The molecule has 5 atom stereocenters. The molecule has 1 aromatic carbocycles. The fraction of sp³-hybridized carbons (Fsp3) is 0.733. The first-order valence-electron chi connectivity index (χ1n) is 14.6. The number of morpholine rings is 1. The summed E-state index contributed by atoms with van der Waals surface area (Å²) in [6, 6.07) is 5.99. The standard InChI is InChI=1S/C30H45NO8/c1-3-4-5-8-23(32)10-11-24-25-16-21-7-6-9-27(37-19-29(33)35-2)26(21)17-22(25)18-28(24)39-30(34)38-20-31-12-14-36-15-13-31/h6-7,9,22-25,28,32H,3-5,8,10-20H2,1-2H3/t22-,23+,24+,25-,28+/m0/s1. The van der Waals surface area contributed by atoms with E-state index in [-0.39, 0.29) is 31.5 Å². The Bertz CT molecular complexity index is 934. The number of nitrogens with zero attached hydrogens (tertiary/aromatic N) is 1. The molecule has 1 saturated heterocycles. The SMILES string of the molecule is CCCCC[C@@H](O)CC[C@@H]1[C@H]2Cc3cccc(OCC(=O)OC)c3C[C@H]2C[C@H]1OC(=O)OCN1CCOCC1. The number of carbonyl (C=O) groups is 2. The zero-order valence-electron chi connectivity index (χ0n) is 23.5. The third-order valence-electron chi connectivity index (χ3n) is 8.58. The van der Waals surface area contributed by atoms with Crippen LogP contribution < -0.4 is 4.74 Å². The number of carbonyl (C=O) groups excluding carboxylic acids is 2. The van der Waals surface area contributed by atoms with Crippen LogP contribution in [-0.2, 0) is 36.6 Å². The van der Waals surface area contributed by atoms with Crippen LogP contribution in [0, 0.1) is 17.8 Å². The molecule has 1 aliphatic heterocycles. The Morgan fingerprint density at radius 2 is 1.97 bits per heavy atom. The van der Waals surface area contributed by atoms with E-state index in [1.165, 1.54) is 12.7 Å². The molecule has 0 amide bonds. The molecule has 0 radical (unpaired) electrons. The first kappa shape index (κ1) is 29.6. The first-order chi connectivity index (χ1) is 19.0. The van der Waals surface area contributed by atoms with Gasteiger partial charge in [0, 0.05) is 13.1 Å². The van der Waals surface area contributed by atoms with E-state index in [4.69, 9.17) is 23.7 Å². The van der Waals surface area contributed by atoms with Crippen LogP contribution in [0.25, 0.3) is 0 Å². The molecule has 9 nitrogen and oxygen atoms in total. The van der Waals surface area contributed by atoms with Gasteiger partial charge in [-0.05, 0) is 73.5 Å². The molecule has 1 heterocycles. The number of benzene rings is 1. The average molecular weight is 548 g/mol. The van der Waals surface area contributed by atoms with Crippen LogP contribution in [0.3, 0.4) is 0 Å². The van der Waals surface area contributed by atoms with Gasteiger partial charge in [-0.25, -0.2) is 9.59 Å². The van der Waals surface area contributed by atoms with Gasteiger partial charge in [0.1, 0.15) is 18.6 Å². The molecule has 4 rings (SSSR count). The second kappa shape index (κ2) is 14.9. The van der Waals surface area contributed by atoms with Gasteiger partial charge in [-0.2, -0.15) is 0 Å². The summed E-state index contributed by atoms with van der Waals surface area (Å²) in [5, 5.41) is 10.6. The Balaban J connectivity index is 1.42. The number of ether oxygens (including phenoxy) is 5. The van der Waals surface area contributed by atoms with E-state index in [1.54, 1.807) is 0 Å². The van der Waals surface area contributed by atoms with Crippen molar-refractivity contribution in [3.63, 3.8) is 0 Å². The van der Waals surface area contributed by atoms with Gasteiger partial charge >= 0.3 is 12.1 Å². The minimum atomic E-state index is -0.627. The number of hydrogen-bond donors (Lipinski definition) is 1. The highest BCUT2D eigenvalue weighted by Gasteiger charge is 2.47. The number of fused-ring (bicyclic) bond motifs is 2. The molecule has 0 bridgehead atoms. The van der Waals surface area contributed by atoms with E-state index < -0.39 is 12.1 Å². The molecular formula is C30H45NO8. The van der Waals surface area contributed by atoms with Crippen molar-refractivity contribution < 1.29 is 38.4 Å². The molecule has 0 unspecified atom stereocenters. The zero-order valence-corrected chi connectivity index (χ0v) is 23.5. The van der Waals surface area contributed by atoms with E-state index >= 15 is 0 Å². The molecule has 1 saturated carbocycles. The number of aliphatic hydroxyl groups excluding tert-OH is 1. The molecule has 39 heavy (non-hydrogen) atoms. The van der Waals surface area contributed by atoms with Crippen molar-refractivity contribution >= 4 is 12.1 Å². The van der Waals surface area contributed by atoms with Gasteiger partial charge in [-0.3, -0.25) is 4.90 Å². The summed E-state index contributed by atoms with van der Waals surface area (Å²) >= 11 is 0. The molecule has 218 valence electrons. The molecular weight excluding hydrogens is 502 g/mol. The van der Waals surface area contributed by atoms with Crippen molar-refractivity contribution in [3.8, 4) is 5.75 Å². The monoisotopic (exact) mass is 547 g/mol. The lowest BCUT2D eigenvalue weighted by molar-refractivity contribution is -0.142. The van der Waals surface area contributed by atoms with Crippen molar-refractivity contribution in [1.82, 2.24) is 4.90 Å². The second-order valence-electron chi connectivity index (χ2n) is 11.1. The minimum absolute atomic E-state index is 0.125. The Morgan fingerprint density at radius 1 is 1.15 bits per heavy atom. The topological polar surface area (TPSA) is 104 Å². The minimum Gasteiger partial charge on any atom is -0.482 e. The average Bonchev–Trinajstić information content (AvgIpc) is 3.28.